The molecule has 0 atom stereocenters. The van der Waals surface area contributed by atoms with Crippen molar-refractivity contribution in [2.45, 2.75) is 6.54 Å². The third-order valence-electron chi connectivity index (χ3n) is 4.18. The Morgan fingerprint density at radius 2 is 1.96 bits per heavy atom. The van der Waals surface area contributed by atoms with Crippen LogP contribution in [0.25, 0.3) is 21.9 Å². The zero-order valence-electron chi connectivity index (χ0n) is 13.7. The van der Waals surface area contributed by atoms with E-state index in [4.69, 9.17) is 5.26 Å². The van der Waals surface area contributed by atoms with Crippen molar-refractivity contribution in [1.29, 1.82) is 5.26 Å². The normalized spacial score (nSPS) is 10.6. The number of rotatable bonds is 4. The van der Waals surface area contributed by atoms with Crippen LogP contribution in [0.1, 0.15) is 11.1 Å². The van der Waals surface area contributed by atoms with Crippen LogP contribution in [-0.2, 0) is 6.54 Å². The van der Waals surface area contributed by atoms with Crippen LogP contribution in [-0.4, -0.2) is 15.2 Å². The molecule has 2 aromatic heterocycles. The number of pyridine rings is 1. The van der Waals surface area contributed by atoms with E-state index in [9.17, 15) is 4.39 Å². The second kappa shape index (κ2) is 6.65. The maximum absolute atomic E-state index is 13.4. The van der Waals surface area contributed by atoms with Gasteiger partial charge >= 0.3 is 0 Å². The van der Waals surface area contributed by atoms with Crippen molar-refractivity contribution >= 4 is 16.6 Å². The molecule has 0 fully saturated rings. The molecule has 2 aromatic carbocycles. The summed E-state index contributed by atoms with van der Waals surface area (Å²) in [6, 6.07) is 14.5. The van der Waals surface area contributed by atoms with Crippen molar-refractivity contribution in [3.05, 3.63) is 78.0 Å². The molecule has 0 aliphatic heterocycles. The van der Waals surface area contributed by atoms with E-state index in [1.807, 2.05) is 36.7 Å². The van der Waals surface area contributed by atoms with E-state index in [-0.39, 0.29) is 5.56 Å². The fourth-order valence-corrected chi connectivity index (χ4v) is 2.79. The van der Waals surface area contributed by atoms with Crippen molar-refractivity contribution in [2.75, 3.05) is 5.32 Å². The highest BCUT2D eigenvalue weighted by Crippen LogP contribution is 2.25. The largest absolute Gasteiger partial charge is 0.366 e. The van der Waals surface area contributed by atoms with Crippen molar-refractivity contribution in [2.24, 2.45) is 0 Å². The van der Waals surface area contributed by atoms with Gasteiger partial charge in [-0.05, 0) is 40.8 Å². The average molecular weight is 343 g/mol. The highest BCUT2D eigenvalue weighted by molar-refractivity contribution is 5.88. The molecule has 0 aliphatic carbocycles. The SMILES string of the molecule is N#Cc1cc(CNc2cc3cc(-c4cn[nH]c4)ccc3cn2)ccc1F. The molecule has 0 radical (unpaired) electrons. The third kappa shape index (κ3) is 3.10. The van der Waals surface area contributed by atoms with Gasteiger partial charge in [-0.2, -0.15) is 10.4 Å². The molecule has 0 amide bonds. The lowest BCUT2D eigenvalue weighted by Gasteiger charge is -2.08. The summed E-state index contributed by atoms with van der Waals surface area (Å²) >= 11 is 0. The third-order valence-corrected chi connectivity index (χ3v) is 4.18. The molecule has 5 nitrogen and oxygen atoms in total. The van der Waals surface area contributed by atoms with Crippen LogP contribution < -0.4 is 5.32 Å². The maximum atomic E-state index is 13.4. The minimum atomic E-state index is -0.508. The summed E-state index contributed by atoms with van der Waals surface area (Å²) < 4.78 is 13.4. The molecule has 0 aliphatic rings. The summed E-state index contributed by atoms with van der Waals surface area (Å²) in [5, 5.41) is 21.0. The second-order valence-corrected chi connectivity index (χ2v) is 5.90. The van der Waals surface area contributed by atoms with Crippen molar-refractivity contribution in [1.82, 2.24) is 15.2 Å². The molecule has 2 N–H and O–H groups in total. The Morgan fingerprint density at radius 1 is 1.04 bits per heavy atom. The fraction of sp³-hybridized carbons (Fsp3) is 0.0500. The van der Waals surface area contributed by atoms with Gasteiger partial charge in [0.1, 0.15) is 17.7 Å². The molecule has 26 heavy (non-hydrogen) atoms. The predicted molar refractivity (Wildman–Crippen MR) is 97.8 cm³/mol. The number of benzene rings is 2. The number of aromatic nitrogens is 3. The first-order valence-electron chi connectivity index (χ1n) is 8.04. The number of fused-ring (bicyclic) bond motifs is 1. The maximum Gasteiger partial charge on any atom is 0.140 e. The minimum absolute atomic E-state index is 0.0422. The average Bonchev–Trinajstić information content (AvgIpc) is 3.21. The van der Waals surface area contributed by atoms with Gasteiger partial charge in [-0.15, -0.1) is 0 Å². The summed E-state index contributed by atoms with van der Waals surface area (Å²) in [5.74, 6) is 0.205. The lowest BCUT2D eigenvalue weighted by atomic mass is 10.1. The number of halogens is 1. The Bertz CT molecular complexity index is 1110. The fourth-order valence-electron chi connectivity index (χ4n) is 2.79. The molecule has 0 spiro atoms. The smallest absolute Gasteiger partial charge is 0.140 e. The molecule has 2 heterocycles. The standard InChI is InChI=1S/C20H14FN5/c21-19-4-1-13(5-17(19)8-22)9-23-20-7-16-6-14(18-11-25-26-12-18)2-3-15(16)10-24-20/h1-7,10-12H,9H2,(H,23,24)(H,25,26). The first kappa shape index (κ1) is 15.8. The van der Waals surface area contributed by atoms with Gasteiger partial charge in [-0.25, -0.2) is 9.37 Å². The van der Waals surface area contributed by atoms with E-state index in [0.29, 0.717) is 12.4 Å². The molecule has 4 rings (SSSR count). The van der Waals surface area contributed by atoms with Gasteiger partial charge in [-0.3, -0.25) is 5.10 Å². The number of nitrogens with one attached hydrogen (secondary N) is 2. The quantitative estimate of drug-likeness (QED) is 0.581. The molecule has 6 heteroatoms. The van der Waals surface area contributed by atoms with Crippen LogP contribution >= 0.6 is 0 Å². The van der Waals surface area contributed by atoms with Gasteiger partial charge in [0.15, 0.2) is 0 Å². The van der Waals surface area contributed by atoms with Gasteiger partial charge in [0.2, 0.25) is 0 Å². The lowest BCUT2D eigenvalue weighted by molar-refractivity contribution is 0.623. The van der Waals surface area contributed by atoms with Crippen LogP contribution in [0, 0.1) is 17.1 Å². The van der Waals surface area contributed by atoms with Crippen molar-refractivity contribution in [3.8, 4) is 17.2 Å². The van der Waals surface area contributed by atoms with Crippen molar-refractivity contribution < 1.29 is 4.39 Å². The Kier molecular flexibility index (Phi) is 4.04. The Balaban J connectivity index is 1.58. The van der Waals surface area contributed by atoms with E-state index < -0.39 is 5.82 Å². The summed E-state index contributed by atoms with van der Waals surface area (Å²) in [7, 11) is 0. The number of nitriles is 1. The molecule has 0 bridgehead atoms. The number of H-pyrrole nitrogens is 1. The molecular weight excluding hydrogens is 329 g/mol. The molecule has 0 unspecified atom stereocenters. The van der Waals surface area contributed by atoms with E-state index >= 15 is 0 Å². The van der Waals surface area contributed by atoms with E-state index in [1.165, 1.54) is 6.07 Å². The van der Waals surface area contributed by atoms with Gasteiger partial charge in [0, 0.05) is 29.9 Å². The highest BCUT2D eigenvalue weighted by atomic mass is 19.1. The first-order valence-corrected chi connectivity index (χ1v) is 8.04. The Hall–Kier alpha value is -3.72. The molecule has 4 aromatic rings. The summed E-state index contributed by atoms with van der Waals surface area (Å²) in [4.78, 5) is 4.41. The van der Waals surface area contributed by atoms with Crippen molar-refractivity contribution in [3.63, 3.8) is 0 Å². The predicted octanol–water partition coefficient (Wildman–Crippen LogP) is 4.25. The van der Waals surface area contributed by atoms with E-state index in [2.05, 4.69) is 26.6 Å². The summed E-state index contributed by atoms with van der Waals surface area (Å²) in [6.07, 6.45) is 5.44. The van der Waals surface area contributed by atoms with Crippen LogP contribution in [0.4, 0.5) is 10.2 Å². The molecule has 0 saturated heterocycles. The van der Waals surface area contributed by atoms with Gasteiger partial charge in [0.25, 0.3) is 0 Å². The van der Waals surface area contributed by atoms with Crippen LogP contribution in [0.2, 0.25) is 0 Å². The molecular formula is C20H14FN5. The first-order chi connectivity index (χ1) is 12.7. The minimum Gasteiger partial charge on any atom is -0.366 e. The number of aromatic amines is 1. The van der Waals surface area contributed by atoms with Crippen LogP contribution in [0.15, 0.2) is 61.1 Å². The number of anilines is 1. The zero-order valence-corrected chi connectivity index (χ0v) is 13.7. The highest BCUT2D eigenvalue weighted by Gasteiger charge is 2.05. The number of nitrogens with zero attached hydrogens (tertiary/aromatic N) is 3. The summed E-state index contributed by atoms with van der Waals surface area (Å²) in [5.41, 5.74) is 2.95. The van der Waals surface area contributed by atoms with Crippen LogP contribution in [0.3, 0.4) is 0 Å². The number of hydrogen-bond donors (Lipinski definition) is 2. The van der Waals surface area contributed by atoms with E-state index in [0.717, 1.165) is 27.5 Å². The Labute approximate surface area is 149 Å². The second-order valence-electron chi connectivity index (χ2n) is 5.90. The summed E-state index contributed by atoms with van der Waals surface area (Å²) in [6.45, 7) is 0.453. The van der Waals surface area contributed by atoms with Gasteiger partial charge in [0.05, 0.1) is 11.8 Å². The number of hydrogen-bond acceptors (Lipinski definition) is 4. The molecule has 126 valence electrons. The topological polar surface area (TPSA) is 77.4 Å². The monoisotopic (exact) mass is 343 g/mol. The van der Waals surface area contributed by atoms with E-state index in [1.54, 1.807) is 18.3 Å². The zero-order chi connectivity index (χ0) is 17.9. The lowest BCUT2D eigenvalue weighted by Crippen LogP contribution is -2.02. The van der Waals surface area contributed by atoms with Gasteiger partial charge < -0.3 is 5.32 Å². The Morgan fingerprint density at radius 3 is 2.77 bits per heavy atom. The van der Waals surface area contributed by atoms with Crippen LogP contribution in [0.5, 0.6) is 0 Å². The molecule has 0 saturated carbocycles. The van der Waals surface area contributed by atoms with Gasteiger partial charge in [-0.1, -0.05) is 18.2 Å².